The van der Waals surface area contributed by atoms with Gasteiger partial charge in [0.25, 0.3) is 0 Å². The fraction of sp³-hybridized carbons (Fsp3) is 0.368. The Morgan fingerprint density at radius 3 is 1.97 bits per heavy atom. The monoisotopic (exact) mass is 516 g/mol. The van der Waals surface area contributed by atoms with Crippen molar-refractivity contribution >= 4 is 75.3 Å². The quantitative estimate of drug-likeness (QED) is 0.366. The van der Waals surface area contributed by atoms with E-state index in [1.807, 2.05) is 24.3 Å². The maximum Gasteiger partial charge on any atom is 0.159 e. The average Bonchev–Trinajstić information content (AvgIpc) is 2.72. The van der Waals surface area contributed by atoms with Crippen molar-refractivity contribution in [3.63, 3.8) is 0 Å². The zero-order valence-corrected chi connectivity index (χ0v) is 19.7. The summed E-state index contributed by atoms with van der Waals surface area (Å²) in [5.41, 5.74) is 1.03. The third-order valence-electron chi connectivity index (χ3n) is 4.62. The predicted octanol–water partition coefficient (Wildman–Crippen LogP) is 6.17. The van der Waals surface area contributed by atoms with Crippen molar-refractivity contribution in [2.24, 2.45) is 0 Å². The molecular formula is C19H18Cl6N2O2. The number of hydrogen-bond acceptors (Lipinski definition) is 4. The smallest absolute Gasteiger partial charge is 0.159 e. The van der Waals surface area contributed by atoms with E-state index < -0.39 is 6.10 Å². The SMILES string of the molecule is O[C@H](COc1c(Cl)c(Cl)c(Cl)c(Cl)c1Cl)CN1CCN(c2ccccc2Cl)CC1. The van der Waals surface area contributed by atoms with E-state index in [1.54, 1.807) is 0 Å². The summed E-state index contributed by atoms with van der Waals surface area (Å²) in [6.07, 6.45) is -0.748. The average molecular weight is 519 g/mol. The molecule has 0 aromatic heterocycles. The van der Waals surface area contributed by atoms with Gasteiger partial charge in [0.05, 0.1) is 25.8 Å². The van der Waals surface area contributed by atoms with Gasteiger partial charge >= 0.3 is 0 Å². The normalized spacial score (nSPS) is 16.2. The Bertz CT molecular complexity index is 845. The van der Waals surface area contributed by atoms with Gasteiger partial charge in [-0.2, -0.15) is 0 Å². The Labute approximate surface area is 199 Å². The van der Waals surface area contributed by atoms with E-state index in [0.29, 0.717) is 6.54 Å². The second kappa shape index (κ2) is 10.3. The van der Waals surface area contributed by atoms with Crippen molar-refractivity contribution in [2.45, 2.75) is 6.10 Å². The van der Waals surface area contributed by atoms with Crippen molar-refractivity contribution in [2.75, 3.05) is 44.2 Å². The molecule has 1 saturated heterocycles. The number of β-amino-alcohol motifs (C(OH)–C–C–N with tert-alkyl or cyclic N) is 1. The van der Waals surface area contributed by atoms with Crippen LogP contribution in [0.3, 0.4) is 0 Å². The molecule has 0 spiro atoms. The molecule has 158 valence electrons. The molecular weight excluding hydrogens is 501 g/mol. The molecule has 1 aliphatic heterocycles. The summed E-state index contributed by atoms with van der Waals surface area (Å²) in [5, 5.41) is 11.4. The van der Waals surface area contributed by atoms with E-state index in [0.717, 1.165) is 36.9 Å². The van der Waals surface area contributed by atoms with Crippen LogP contribution in [0.4, 0.5) is 5.69 Å². The number of benzene rings is 2. The van der Waals surface area contributed by atoms with Crippen LogP contribution in [0, 0.1) is 0 Å². The lowest BCUT2D eigenvalue weighted by molar-refractivity contribution is 0.0664. The lowest BCUT2D eigenvalue weighted by Gasteiger charge is -2.37. The predicted molar refractivity (Wildman–Crippen MR) is 123 cm³/mol. The number of piperazine rings is 1. The lowest BCUT2D eigenvalue weighted by atomic mass is 10.2. The minimum absolute atomic E-state index is 0.0154. The van der Waals surface area contributed by atoms with Gasteiger partial charge in [0.1, 0.15) is 22.8 Å². The number of aliphatic hydroxyl groups is 1. The molecule has 2 aromatic carbocycles. The lowest BCUT2D eigenvalue weighted by Crippen LogP contribution is -2.49. The molecule has 4 nitrogen and oxygen atoms in total. The summed E-state index contributed by atoms with van der Waals surface area (Å²) in [5.74, 6) is 0.107. The van der Waals surface area contributed by atoms with Crippen LogP contribution in [0.15, 0.2) is 24.3 Å². The van der Waals surface area contributed by atoms with Gasteiger partial charge < -0.3 is 14.7 Å². The van der Waals surface area contributed by atoms with E-state index in [2.05, 4.69) is 9.80 Å². The van der Waals surface area contributed by atoms with Crippen LogP contribution in [0.2, 0.25) is 30.1 Å². The molecule has 0 amide bonds. The van der Waals surface area contributed by atoms with Gasteiger partial charge in [0.15, 0.2) is 5.75 Å². The standard InChI is InChI=1S/C19H18Cl6N2O2/c20-12-3-1-2-4-13(12)27-7-5-26(6-8-27)9-11(28)10-29-19-17(24)15(22)14(21)16(23)18(19)25/h1-4,11,28H,5-10H2/t11-/m0/s1. The van der Waals surface area contributed by atoms with Crippen molar-refractivity contribution in [3.8, 4) is 5.75 Å². The third-order valence-corrected chi connectivity index (χ3v) is 7.19. The van der Waals surface area contributed by atoms with Gasteiger partial charge in [-0.15, -0.1) is 0 Å². The molecule has 0 unspecified atom stereocenters. The van der Waals surface area contributed by atoms with Crippen LogP contribution in [-0.4, -0.2) is 55.4 Å². The molecule has 0 aliphatic carbocycles. The summed E-state index contributed by atoms with van der Waals surface area (Å²) in [7, 11) is 0. The molecule has 0 saturated carbocycles. The molecule has 0 bridgehead atoms. The highest BCUT2D eigenvalue weighted by atomic mass is 35.5. The van der Waals surface area contributed by atoms with Crippen molar-refractivity contribution in [3.05, 3.63) is 54.4 Å². The van der Waals surface area contributed by atoms with Crippen molar-refractivity contribution in [1.29, 1.82) is 0 Å². The van der Waals surface area contributed by atoms with Crippen LogP contribution in [0.25, 0.3) is 0 Å². The zero-order valence-electron chi connectivity index (χ0n) is 15.1. The van der Waals surface area contributed by atoms with Gasteiger partial charge in [-0.25, -0.2) is 0 Å². The van der Waals surface area contributed by atoms with E-state index in [-0.39, 0.29) is 37.5 Å². The minimum atomic E-state index is -0.748. The minimum Gasteiger partial charge on any atom is -0.488 e. The van der Waals surface area contributed by atoms with Crippen LogP contribution < -0.4 is 9.64 Å². The molecule has 2 aromatic rings. The number of para-hydroxylation sites is 1. The Morgan fingerprint density at radius 2 is 1.38 bits per heavy atom. The van der Waals surface area contributed by atoms with Crippen LogP contribution in [0.1, 0.15) is 0 Å². The summed E-state index contributed by atoms with van der Waals surface area (Å²) >= 11 is 36.6. The van der Waals surface area contributed by atoms with Crippen LogP contribution in [0.5, 0.6) is 5.75 Å². The highest BCUT2D eigenvalue weighted by Gasteiger charge is 2.23. The van der Waals surface area contributed by atoms with E-state index >= 15 is 0 Å². The fourth-order valence-corrected chi connectivity index (χ4v) is 4.61. The molecule has 3 rings (SSSR count). The second-order valence-corrected chi connectivity index (χ2v) is 8.90. The van der Waals surface area contributed by atoms with E-state index in [9.17, 15) is 5.11 Å². The van der Waals surface area contributed by atoms with Gasteiger partial charge in [-0.05, 0) is 12.1 Å². The molecule has 10 heteroatoms. The molecule has 1 aliphatic rings. The number of nitrogens with zero attached hydrogens (tertiary/aromatic N) is 2. The van der Waals surface area contributed by atoms with Gasteiger partial charge in [-0.1, -0.05) is 81.7 Å². The summed E-state index contributed by atoms with van der Waals surface area (Å²) in [6.45, 7) is 3.65. The first-order valence-electron chi connectivity index (χ1n) is 8.83. The zero-order chi connectivity index (χ0) is 21.1. The largest absolute Gasteiger partial charge is 0.488 e. The number of rotatable bonds is 6. The second-order valence-electron chi connectivity index (χ2n) is 6.60. The molecule has 29 heavy (non-hydrogen) atoms. The highest BCUT2D eigenvalue weighted by molar-refractivity contribution is 6.55. The Morgan fingerprint density at radius 1 is 0.828 bits per heavy atom. The summed E-state index contributed by atoms with van der Waals surface area (Å²) < 4.78 is 5.60. The first-order chi connectivity index (χ1) is 13.8. The first-order valence-corrected chi connectivity index (χ1v) is 11.1. The van der Waals surface area contributed by atoms with Crippen molar-refractivity contribution in [1.82, 2.24) is 4.90 Å². The Hall–Kier alpha value is -0.300. The Kier molecular flexibility index (Phi) is 8.33. The topological polar surface area (TPSA) is 35.9 Å². The number of hydrogen-bond donors (Lipinski definition) is 1. The molecule has 0 radical (unpaired) electrons. The number of ether oxygens (including phenoxy) is 1. The molecule has 1 atom stereocenters. The maximum absolute atomic E-state index is 10.4. The van der Waals surface area contributed by atoms with Gasteiger partial charge in [0.2, 0.25) is 0 Å². The Balaban J connectivity index is 1.53. The van der Waals surface area contributed by atoms with Gasteiger partial charge in [0, 0.05) is 32.7 Å². The highest BCUT2D eigenvalue weighted by Crippen LogP contribution is 2.48. The molecule has 1 fully saturated rings. The van der Waals surface area contributed by atoms with Crippen LogP contribution in [-0.2, 0) is 0 Å². The van der Waals surface area contributed by atoms with Gasteiger partial charge in [-0.3, -0.25) is 4.90 Å². The van der Waals surface area contributed by atoms with E-state index in [4.69, 9.17) is 74.3 Å². The van der Waals surface area contributed by atoms with Crippen molar-refractivity contribution < 1.29 is 9.84 Å². The summed E-state index contributed by atoms with van der Waals surface area (Å²) in [6, 6.07) is 7.78. The first kappa shape index (κ1) is 23.4. The van der Waals surface area contributed by atoms with Crippen LogP contribution >= 0.6 is 69.6 Å². The molecule has 1 heterocycles. The maximum atomic E-state index is 10.4. The third kappa shape index (κ3) is 5.50. The van der Waals surface area contributed by atoms with E-state index in [1.165, 1.54) is 0 Å². The summed E-state index contributed by atoms with van der Waals surface area (Å²) in [4.78, 5) is 4.39. The fourth-order valence-electron chi connectivity index (χ4n) is 3.12. The number of halogens is 6. The molecule has 1 N–H and O–H groups in total. The number of anilines is 1. The number of aliphatic hydroxyl groups excluding tert-OH is 1.